The van der Waals surface area contributed by atoms with Gasteiger partial charge >= 0.3 is 6.18 Å². The molecule has 0 spiro atoms. The highest BCUT2D eigenvalue weighted by Crippen LogP contribution is 2.29. The van der Waals surface area contributed by atoms with Crippen molar-refractivity contribution in [2.45, 2.75) is 6.18 Å². The predicted molar refractivity (Wildman–Crippen MR) is 35.9 cm³/mol. The zero-order chi connectivity index (χ0) is 9.35. The monoisotopic (exact) mass is 177 g/mol. The van der Waals surface area contributed by atoms with Gasteiger partial charge in [-0.05, 0) is 24.6 Å². The van der Waals surface area contributed by atoms with E-state index in [2.05, 4.69) is 6.92 Å². The maximum Gasteiger partial charge on any atom is 0.416 e. The van der Waals surface area contributed by atoms with Crippen LogP contribution in [0.2, 0.25) is 0 Å². The summed E-state index contributed by atoms with van der Waals surface area (Å²) in [7, 11) is 0. The molecule has 0 aliphatic carbocycles. The maximum absolute atomic E-state index is 12.5. The van der Waals surface area contributed by atoms with Gasteiger partial charge in [0.15, 0.2) is 0 Å². The standard InChI is InChI=1S/C8H5F4/c1-5-2-3-6(4-7(5)9)8(10,11)12/h2-4H,1H2. The third-order valence-corrected chi connectivity index (χ3v) is 1.38. The van der Waals surface area contributed by atoms with E-state index in [4.69, 9.17) is 0 Å². The second-order valence-electron chi connectivity index (χ2n) is 2.30. The van der Waals surface area contributed by atoms with Crippen molar-refractivity contribution >= 4 is 0 Å². The molecule has 0 heterocycles. The van der Waals surface area contributed by atoms with E-state index < -0.39 is 17.6 Å². The molecule has 0 unspecified atom stereocenters. The summed E-state index contributed by atoms with van der Waals surface area (Å²) >= 11 is 0. The maximum atomic E-state index is 12.5. The van der Waals surface area contributed by atoms with Crippen LogP contribution in [0.25, 0.3) is 0 Å². The summed E-state index contributed by atoms with van der Waals surface area (Å²) in [5.74, 6) is -0.940. The van der Waals surface area contributed by atoms with Crippen LogP contribution in [0.5, 0.6) is 0 Å². The van der Waals surface area contributed by atoms with Crippen molar-refractivity contribution in [3.8, 4) is 0 Å². The second-order valence-corrected chi connectivity index (χ2v) is 2.30. The lowest BCUT2D eigenvalue weighted by molar-refractivity contribution is -0.137. The first-order chi connectivity index (χ1) is 5.41. The Morgan fingerprint density at radius 2 is 1.75 bits per heavy atom. The van der Waals surface area contributed by atoms with Gasteiger partial charge < -0.3 is 0 Å². The smallest absolute Gasteiger partial charge is 0.207 e. The molecule has 0 aliphatic rings. The summed E-state index contributed by atoms with van der Waals surface area (Å²) in [6, 6.07) is 2.23. The number of benzene rings is 1. The predicted octanol–water partition coefficient (Wildman–Crippen LogP) is 3.03. The zero-order valence-corrected chi connectivity index (χ0v) is 5.95. The molecule has 0 N–H and O–H groups in total. The minimum absolute atomic E-state index is 0.0389. The van der Waals surface area contributed by atoms with Crippen LogP contribution in [-0.2, 0) is 6.18 Å². The molecule has 0 aromatic heterocycles. The third-order valence-electron chi connectivity index (χ3n) is 1.38. The summed E-state index contributed by atoms with van der Waals surface area (Å²) in [4.78, 5) is 0. The van der Waals surface area contributed by atoms with Gasteiger partial charge in [-0.3, -0.25) is 0 Å². The molecule has 0 saturated heterocycles. The van der Waals surface area contributed by atoms with Crippen LogP contribution in [0.1, 0.15) is 11.1 Å². The van der Waals surface area contributed by atoms with E-state index >= 15 is 0 Å². The van der Waals surface area contributed by atoms with Crippen molar-refractivity contribution in [2.75, 3.05) is 0 Å². The molecule has 0 fully saturated rings. The summed E-state index contributed by atoms with van der Waals surface area (Å²) in [6.45, 7) is 3.20. The minimum atomic E-state index is -4.49. The first-order valence-electron chi connectivity index (χ1n) is 3.10. The van der Waals surface area contributed by atoms with Gasteiger partial charge in [-0.25, -0.2) is 4.39 Å². The number of hydrogen-bond donors (Lipinski definition) is 0. The Hall–Kier alpha value is -1.06. The molecule has 65 valence electrons. The Morgan fingerprint density at radius 3 is 2.17 bits per heavy atom. The van der Waals surface area contributed by atoms with E-state index in [0.717, 1.165) is 12.1 Å². The third kappa shape index (κ3) is 1.75. The first kappa shape index (κ1) is 9.03. The molecule has 1 aromatic carbocycles. The van der Waals surface area contributed by atoms with E-state index in [9.17, 15) is 17.6 Å². The number of rotatable bonds is 0. The van der Waals surface area contributed by atoms with Gasteiger partial charge in [0.1, 0.15) is 5.82 Å². The molecule has 0 aliphatic heterocycles. The molecule has 0 nitrogen and oxygen atoms in total. The van der Waals surface area contributed by atoms with Crippen LogP contribution < -0.4 is 0 Å². The highest BCUT2D eigenvalue weighted by Gasteiger charge is 2.30. The normalized spacial score (nSPS) is 11.8. The molecule has 0 amide bonds. The van der Waals surface area contributed by atoms with Crippen LogP contribution in [0, 0.1) is 12.7 Å². The summed E-state index contributed by atoms with van der Waals surface area (Å²) in [6.07, 6.45) is -4.49. The Bertz CT molecular complexity index is 288. The number of alkyl halides is 3. The molecular formula is C8H5F4. The lowest BCUT2D eigenvalue weighted by atomic mass is 10.1. The van der Waals surface area contributed by atoms with Crippen LogP contribution >= 0.6 is 0 Å². The van der Waals surface area contributed by atoms with Gasteiger partial charge in [-0.1, -0.05) is 6.07 Å². The first-order valence-corrected chi connectivity index (χ1v) is 3.10. The zero-order valence-electron chi connectivity index (χ0n) is 5.95. The summed E-state index contributed by atoms with van der Waals surface area (Å²) < 4.78 is 48.3. The molecular weight excluding hydrogens is 172 g/mol. The fraction of sp³-hybridized carbons (Fsp3) is 0.125. The lowest BCUT2D eigenvalue weighted by Crippen LogP contribution is -2.05. The average molecular weight is 177 g/mol. The van der Waals surface area contributed by atoms with Gasteiger partial charge in [0, 0.05) is 0 Å². The quantitative estimate of drug-likeness (QED) is 0.534. The van der Waals surface area contributed by atoms with Crippen molar-refractivity contribution in [1.29, 1.82) is 0 Å². The van der Waals surface area contributed by atoms with Gasteiger partial charge in [0.05, 0.1) is 5.56 Å². The van der Waals surface area contributed by atoms with Crippen LogP contribution in [-0.4, -0.2) is 0 Å². The van der Waals surface area contributed by atoms with Gasteiger partial charge in [0.25, 0.3) is 0 Å². The van der Waals surface area contributed by atoms with Crippen LogP contribution in [0.15, 0.2) is 18.2 Å². The minimum Gasteiger partial charge on any atom is -0.207 e. The van der Waals surface area contributed by atoms with E-state index in [-0.39, 0.29) is 5.56 Å². The number of hydrogen-bond acceptors (Lipinski definition) is 0. The molecule has 0 bridgehead atoms. The topological polar surface area (TPSA) is 0 Å². The Balaban J connectivity index is 3.14. The van der Waals surface area contributed by atoms with E-state index in [1.165, 1.54) is 0 Å². The fourth-order valence-corrected chi connectivity index (χ4v) is 0.724. The Labute approximate surface area is 66.8 Å². The highest BCUT2D eigenvalue weighted by atomic mass is 19.4. The number of halogens is 4. The summed E-state index contributed by atoms with van der Waals surface area (Å²) in [5, 5.41) is 0. The Kier molecular flexibility index (Phi) is 2.08. The molecule has 1 rings (SSSR count). The fourth-order valence-electron chi connectivity index (χ4n) is 0.724. The highest BCUT2D eigenvalue weighted by molar-refractivity contribution is 5.27. The van der Waals surface area contributed by atoms with Crippen LogP contribution in [0.4, 0.5) is 17.6 Å². The van der Waals surface area contributed by atoms with Gasteiger partial charge in [-0.15, -0.1) is 0 Å². The molecule has 0 atom stereocenters. The van der Waals surface area contributed by atoms with E-state index in [1.54, 1.807) is 0 Å². The van der Waals surface area contributed by atoms with Gasteiger partial charge in [-0.2, -0.15) is 13.2 Å². The molecule has 0 saturated carbocycles. The Morgan fingerprint density at radius 1 is 1.17 bits per heavy atom. The van der Waals surface area contributed by atoms with Crippen molar-refractivity contribution in [3.63, 3.8) is 0 Å². The van der Waals surface area contributed by atoms with Crippen LogP contribution in [0.3, 0.4) is 0 Å². The lowest BCUT2D eigenvalue weighted by Gasteiger charge is -2.06. The SMILES string of the molecule is [CH2]c1ccc(C(F)(F)F)cc1F. The summed E-state index contributed by atoms with van der Waals surface area (Å²) in [5.41, 5.74) is -1.03. The largest absolute Gasteiger partial charge is 0.416 e. The van der Waals surface area contributed by atoms with Crippen molar-refractivity contribution in [3.05, 3.63) is 42.1 Å². The van der Waals surface area contributed by atoms with Crippen molar-refractivity contribution in [2.24, 2.45) is 0 Å². The average Bonchev–Trinajstić information content (AvgIpc) is 1.92. The van der Waals surface area contributed by atoms with Crippen molar-refractivity contribution in [1.82, 2.24) is 0 Å². The molecule has 12 heavy (non-hydrogen) atoms. The van der Waals surface area contributed by atoms with E-state index in [1.807, 2.05) is 0 Å². The molecule has 1 aromatic rings. The molecule has 4 heteroatoms. The van der Waals surface area contributed by atoms with Crippen molar-refractivity contribution < 1.29 is 17.6 Å². The second kappa shape index (κ2) is 2.77. The van der Waals surface area contributed by atoms with Gasteiger partial charge in [0.2, 0.25) is 0 Å². The molecule has 1 radical (unpaired) electrons. The van der Waals surface area contributed by atoms with E-state index in [0.29, 0.717) is 6.07 Å².